The zero-order chi connectivity index (χ0) is 9.97. The molecule has 80 valence electrons. The Balaban J connectivity index is 1.83. The lowest BCUT2D eigenvalue weighted by Gasteiger charge is -2.24. The van der Waals surface area contributed by atoms with Crippen molar-refractivity contribution in [3.8, 4) is 0 Å². The predicted molar refractivity (Wildman–Crippen MR) is 56.0 cm³/mol. The molecule has 14 heavy (non-hydrogen) atoms. The van der Waals surface area contributed by atoms with E-state index in [-0.39, 0.29) is 0 Å². The van der Waals surface area contributed by atoms with Crippen LogP contribution in [0.3, 0.4) is 0 Å². The number of amides is 1. The second-order valence-electron chi connectivity index (χ2n) is 4.44. The molecular weight excluding hydrogens is 176 g/mol. The normalized spacial score (nSPS) is 24.4. The van der Waals surface area contributed by atoms with Gasteiger partial charge in [0.05, 0.1) is 0 Å². The van der Waals surface area contributed by atoms with E-state index < -0.39 is 0 Å². The molecule has 0 aromatic heterocycles. The molecule has 1 saturated carbocycles. The van der Waals surface area contributed by atoms with E-state index in [0.717, 1.165) is 38.4 Å². The Bertz CT molecular complexity index is 213. The highest BCUT2D eigenvalue weighted by atomic mass is 16.2. The number of carbonyl (C=O) groups is 1. The van der Waals surface area contributed by atoms with E-state index in [9.17, 15) is 4.79 Å². The van der Waals surface area contributed by atoms with Gasteiger partial charge in [-0.2, -0.15) is 0 Å². The van der Waals surface area contributed by atoms with Crippen LogP contribution in [0.1, 0.15) is 32.6 Å². The average molecular weight is 196 g/mol. The van der Waals surface area contributed by atoms with E-state index in [1.54, 1.807) is 0 Å². The monoisotopic (exact) mass is 196 g/mol. The summed E-state index contributed by atoms with van der Waals surface area (Å²) in [5.41, 5.74) is 0. The number of hydrogen-bond acceptors (Lipinski definition) is 2. The molecule has 0 aromatic rings. The van der Waals surface area contributed by atoms with Gasteiger partial charge in [-0.1, -0.05) is 6.92 Å². The molecule has 1 N–H and O–H groups in total. The van der Waals surface area contributed by atoms with Gasteiger partial charge in [-0.3, -0.25) is 4.79 Å². The van der Waals surface area contributed by atoms with Crippen molar-refractivity contribution in [1.29, 1.82) is 0 Å². The molecule has 1 aliphatic heterocycles. The minimum absolute atomic E-state index is 0.355. The summed E-state index contributed by atoms with van der Waals surface area (Å²) in [6.45, 7) is 5.08. The van der Waals surface area contributed by atoms with Crippen molar-refractivity contribution in [3.63, 3.8) is 0 Å². The fraction of sp³-hybridized carbons (Fsp3) is 0.909. The van der Waals surface area contributed by atoms with Gasteiger partial charge in [0.15, 0.2) is 0 Å². The van der Waals surface area contributed by atoms with Gasteiger partial charge in [-0.05, 0) is 31.7 Å². The molecule has 2 fully saturated rings. The molecule has 3 nitrogen and oxygen atoms in total. The van der Waals surface area contributed by atoms with Crippen LogP contribution >= 0.6 is 0 Å². The highest BCUT2D eigenvalue weighted by Gasteiger charge is 2.33. The predicted octanol–water partition coefficient (Wildman–Crippen LogP) is 0.997. The third kappa shape index (κ3) is 2.27. The summed E-state index contributed by atoms with van der Waals surface area (Å²) in [6.07, 6.45) is 4.52. The van der Waals surface area contributed by atoms with Gasteiger partial charge in [0.1, 0.15) is 0 Å². The summed E-state index contributed by atoms with van der Waals surface area (Å²) in [7, 11) is 0. The van der Waals surface area contributed by atoms with E-state index in [0.29, 0.717) is 11.9 Å². The second kappa shape index (κ2) is 4.30. The van der Waals surface area contributed by atoms with Crippen LogP contribution in [0, 0.1) is 5.92 Å². The average Bonchev–Trinajstić information content (AvgIpc) is 2.93. The SMILES string of the molecule is CCNC(CN1CCCC1=O)C1CC1. The summed E-state index contributed by atoms with van der Waals surface area (Å²) >= 11 is 0. The fourth-order valence-corrected chi connectivity index (χ4v) is 2.28. The molecule has 2 rings (SSSR count). The molecule has 0 spiro atoms. The molecule has 1 unspecified atom stereocenters. The lowest BCUT2D eigenvalue weighted by Crippen LogP contribution is -2.42. The van der Waals surface area contributed by atoms with Crippen LogP contribution in [0.4, 0.5) is 0 Å². The molecule has 3 heteroatoms. The van der Waals surface area contributed by atoms with Crippen molar-refractivity contribution in [3.05, 3.63) is 0 Å². The summed E-state index contributed by atoms with van der Waals surface area (Å²) in [4.78, 5) is 13.5. The van der Waals surface area contributed by atoms with Gasteiger partial charge < -0.3 is 10.2 Å². The first-order chi connectivity index (χ1) is 6.81. The number of hydrogen-bond donors (Lipinski definition) is 1. The van der Waals surface area contributed by atoms with E-state index in [1.807, 2.05) is 4.90 Å². The molecule has 1 atom stereocenters. The number of nitrogens with one attached hydrogen (secondary N) is 1. The molecule has 0 aromatic carbocycles. The van der Waals surface area contributed by atoms with Crippen molar-refractivity contribution in [2.24, 2.45) is 5.92 Å². The van der Waals surface area contributed by atoms with Crippen LogP contribution in [0.2, 0.25) is 0 Å². The van der Waals surface area contributed by atoms with E-state index >= 15 is 0 Å². The second-order valence-corrected chi connectivity index (χ2v) is 4.44. The van der Waals surface area contributed by atoms with Gasteiger partial charge in [-0.15, -0.1) is 0 Å². The Morgan fingerprint density at radius 3 is 2.86 bits per heavy atom. The standard InChI is InChI=1S/C11H20N2O/c1-2-12-10(9-5-6-9)8-13-7-3-4-11(13)14/h9-10,12H,2-8H2,1H3. The van der Waals surface area contributed by atoms with Crippen molar-refractivity contribution in [2.75, 3.05) is 19.6 Å². The Morgan fingerprint density at radius 2 is 2.36 bits per heavy atom. The zero-order valence-corrected chi connectivity index (χ0v) is 8.96. The first kappa shape index (κ1) is 9.97. The topological polar surface area (TPSA) is 32.3 Å². The fourth-order valence-electron chi connectivity index (χ4n) is 2.28. The van der Waals surface area contributed by atoms with Gasteiger partial charge >= 0.3 is 0 Å². The van der Waals surface area contributed by atoms with E-state index in [2.05, 4.69) is 12.2 Å². The number of likely N-dealkylation sites (N-methyl/N-ethyl adjacent to an activating group) is 1. The Kier molecular flexibility index (Phi) is 3.06. The molecule has 1 aliphatic carbocycles. The maximum atomic E-state index is 11.5. The van der Waals surface area contributed by atoms with Gasteiger partial charge in [0, 0.05) is 25.6 Å². The maximum absolute atomic E-state index is 11.5. The summed E-state index contributed by atoms with van der Waals surface area (Å²) < 4.78 is 0. The van der Waals surface area contributed by atoms with E-state index in [1.165, 1.54) is 12.8 Å². The largest absolute Gasteiger partial charge is 0.341 e. The Hall–Kier alpha value is -0.570. The molecule has 0 radical (unpaired) electrons. The van der Waals surface area contributed by atoms with Crippen LogP contribution in [0.5, 0.6) is 0 Å². The van der Waals surface area contributed by atoms with Crippen LogP contribution in [0.15, 0.2) is 0 Å². The van der Waals surface area contributed by atoms with Crippen LogP contribution in [-0.4, -0.2) is 36.5 Å². The van der Waals surface area contributed by atoms with Gasteiger partial charge in [-0.25, -0.2) is 0 Å². The quantitative estimate of drug-likeness (QED) is 0.711. The van der Waals surface area contributed by atoms with E-state index in [4.69, 9.17) is 0 Å². The maximum Gasteiger partial charge on any atom is 0.222 e. The number of carbonyl (C=O) groups excluding carboxylic acids is 1. The molecule has 0 bridgehead atoms. The van der Waals surface area contributed by atoms with Crippen LogP contribution in [-0.2, 0) is 4.79 Å². The highest BCUT2D eigenvalue weighted by Crippen LogP contribution is 2.33. The summed E-state index contributed by atoms with van der Waals surface area (Å²) in [5.74, 6) is 1.19. The minimum Gasteiger partial charge on any atom is -0.341 e. The summed E-state index contributed by atoms with van der Waals surface area (Å²) in [6, 6.07) is 0.557. The van der Waals surface area contributed by atoms with Gasteiger partial charge in [0.2, 0.25) is 5.91 Å². The Labute approximate surface area is 85.8 Å². The third-order valence-electron chi connectivity index (χ3n) is 3.25. The van der Waals surface area contributed by atoms with Crippen molar-refractivity contribution in [1.82, 2.24) is 10.2 Å². The molecule has 1 amide bonds. The number of nitrogens with zero attached hydrogens (tertiary/aromatic N) is 1. The zero-order valence-electron chi connectivity index (χ0n) is 8.96. The minimum atomic E-state index is 0.355. The third-order valence-corrected chi connectivity index (χ3v) is 3.25. The first-order valence-corrected chi connectivity index (χ1v) is 5.82. The molecule has 2 aliphatic rings. The highest BCUT2D eigenvalue weighted by molar-refractivity contribution is 5.78. The number of rotatable bonds is 5. The Morgan fingerprint density at radius 1 is 1.57 bits per heavy atom. The van der Waals surface area contributed by atoms with Crippen molar-refractivity contribution in [2.45, 2.75) is 38.6 Å². The van der Waals surface area contributed by atoms with Gasteiger partial charge in [0.25, 0.3) is 0 Å². The summed E-state index contributed by atoms with van der Waals surface area (Å²) in [5, 5.41) is 3.50. The lowest BCUT2D eigenvalue weighted by molar-refractivity contribution is -0.128. The smallest absolute Gasteiger partial charge is 0.222 e. The molecule has 1 heterocycles. The first-order valence-electron chi connectivity index (χ1n) is 5.82. The number of likely N-dealkylation sites (tertiary alicyclic amines) is 1. The molecule has 1 saturated heterocycles. The van der Waals surface area contributed by atoms with Crippen molar-refractivity contribution < 1.29 is 4.79 Å². The van der Waals surface area contributed by atoms with Crippen molar-refractivity contribution >= 4 is 5.91 Å². The lowest BCUT2D eigenvalue weighted by atomic mass is 10.1. The molecular formula is C11H20N2O. The van der Waals surface area contributed by atoms with Crippen LogP contribution in [0.25, 0.3) is 0 Å². The van der Waals surface area contributed by atoms with Crippen LogP contribution < -0.4 is 5.32 Å².